The molecule has 0 aliphatic carbocycles. The minimum Gasteiger partial charge on any atom is -0.489 e. The molecule has 0 bridgehead atoms. The van der Waals surface area contributed by atoms with Crippen molar-refractivity contribution in [1.82, 2.24) is 15.0 Å². The molecule has 4 heteroatoms. The number of imidazole rings is 1. The average Bonchev–Trinajstić information content (AvgIpc) is 3.02. The van der Waals surface area contributed by atoms with Gasteiger partial charge in [-0.05, 0) is 37.0 Å². The van der Waals surface area contributed by atoms with Gasteiger partial charge in [0.05, 0.1) is 16.7 Å². The van der Waals surface area contributed by atoms with Gasteiger partial charge in [0, 0.05) is 11.5 Å². The zero-order valence-electron chi connectivity index (χ0n) is 15.4. The van der Waals surface area contributed by atoms with Crippen LogP contribution in [0.5, 0.6) is 5.75 Å². The van der Waals surface area contributed by atoms with Crippen molar-refractivity contribution in [3.63, 3.8) is 0 Å². The number of aryl methyl sites for hydroxylation is 1. The van der Waals surface area contributed by atoms with Crippen molar-refractivity contribution in [2.75, 3.05) is 0 Å². The van der Waals surface area contributed by atoms with E-state index in [1.165, 1.54) is 0 Å². The predicted octanol–water partition coefficient (Wildman–Crippen LogP) is 5.20. The topological polar surface area (TPSA) is 50.8 Å². The largest absolute Gasteiger partial charge is 0.489 e. The maximum Gasteiger partial charge on any atom is 0.122 e. The Labute approximate surface area is 153 Å². The SMILES string of the molecule is Cc1nc2c(CC(C)C)nc3cc(OCc4ccccc4)ccc3c2[nH]1. The van der Waals surface area contributed by atoms with Gasteiger partial charge in [0.15, 0.2) is 0 Å². The lowest BCUT2D eigenvalue weighted by Gasteiger charge is -2.10. The molecule has 0 spiro atoms. The lowest BCUT2D eigenvalue weighted by Crippen LogP contribution is -2.00. The first-order chi connectivity index (χ1) is 12.6. The number of benzene rings is 2. The average molecular weight is 345 g/mol. The molecule has 0 radical (unpaired) electrons. The molecular formula is C22H23N3O. The van der Waals surface area contributed by atoms with Crippen molar-refractivity contribution in [2.24, 2.45) is 5.92 Å². The highest BCUT2D eigenvalue weighted by Crippen LogP contribution is 2.29. The number of aromatic amines is 1. The van der Waals surface area contributed by atoms with Crippen LogP contribution in [0.15, 0.2) is 48.5 Å². The standard InChI is InChI=1S/C22H23N3O/c1-14(2)11-20-22-21(23-15(3)24-22)18-10-9-17(12-19(18)25-20)26-13-16-7-5-4-6-8-16/h4-10,12,14H,11,13H2,1-3H3,(H,23,24). The molecular weight excluding hydrogens is 322 g/mol. The molecule has 0 saturated heterocycles. The van der Waals surface area contributed by atoms with Crippen LogP contribution in [-0.2, 0) is 13.0 Å². The molecule has 26 heavy (non-hydrogen) atoms. The lowest BCUT2D eigenvalue weighted by molar-refractivity contribution is 0.306. The van der Waals surface area contributed by atoms with Crippen LogP contribution in [-0.4, -0.2) is 15.0 Å². The molecule has 0 atom stereocenters. The number of hydrogen-bond donors (Lipinski definition) is 1. The molecule has 0 aliphatic rings. The van der Waals surface area contributed by atoms with Gasteiger partial charge in [-0.15, -0.1) is 0 Å². The molecule has 2 heterocycles. The summed E-state index contributed by atoms with van der Waals surface area (Å²) in [5, 5.41) is 1.08. The highest BCUT2D eigenvalue weighted by Gasteiger charge is 2.14. The van der Waals surface area contributed by atoms with E-state index in [4.69, 9.17) is 9.72 Å². The fraction of sp³-hybridized carbons (Fsp3) is 0.273. The zero-order valence-corrected chi connectivity index (χ0v) is 15.4. The number of fused-ring (bicyclic) bond motifs is 3. The number of nitrogens with zero attached hydrogens (tertiary/aromatic N) is 2. The molecule has 4 nitrogen and oxygen atoms in total. The van der Waals surface area contributed by atoms with E-state index in [1.54, 1.807) is 0 Å². The molecule has 0 amide bonds. The van der Waals surface area contributed by atoms with Crippen LogP contribution in [0.4, 0.5) is 0 Å². The van der Waals surface area contributed by atoms with Crippen molar-refractivity contribution in [2.45, 2.75) is 33.8 Å². The zero-order chi connectivity index (χ0) is 18.1. The van der Waals surface area contributed by atoms with Gasteiger partial charge in [-0.2, -0.15) is 0 Å². The number of nitrogens with one attached hydrogen (secondary N) is 1. The van der Waals surface area contributed by atoms with Gasteiger partial charge in [0.25, 0.3) is 0 Å². The van der Waals surface area contributed by atoms with E-state index < -0.39 is 0 Å². The van der Waals surface area contributed by atoms with Crippen LogP contribution >= 0.6 is 0 Å². The third-order valence-electron chi connectivity index (χ3n) is 4.44. The summed E-state index contributed by atoms with van der Waals surface area (Å²) in [6, 6.07) is 16.3. The van der Waals surface area contributed by atoms with E-state index >= 15 is 0 Å². The van der Waals surface area contributed by atoms with E-state index in [0.29, 0.717) is 12.5 Å². The second-order valence-corrected chi connectivity index (χ2v) is 7.16. The third-order valence-corrected chi connectivity index (χ3v) is 4.44. The van der Waals surface area contributed by atoms with E-state index in [0.717, 1.165) is 51.2 Å². The van der Waals surface area contributed by atoms with Crippen molar-refractivity contribution < 1.29 is 4.74 Å². The molecule has 4 rings (SSSR count). The van der Waals surface area contributed by atoms with Gasteiger partial charge < -0.3 is 9.72 Å². The molecule has 1 N–H and O–H groups in total. The molecule has 2 aromatic heterocycles. The summed E-state index contributed by atoms with van der Waals surface area (Å²) >= 11 is 0. The Morgan fingerprint density at radius 2 is 1.85 bits per heavy atom. The van der Waals surface area contributed by atoms with Crippen LogP contribution in [0.2, 0.25) is 0 Å². The highest BCUT2D eigenvalue weighted by atomic mass is 16.5. The minimum absolute atomic E-state index is 0.526. The summed E-state index contributed by atoms with van der Waals surface area (Å²) in [5.41, 5.74) is 5.20. The number of ether oxygens (including phenoxy) is 1. The Balaban J connectivity index is 1.73. The van der Waals surface area contributed by atoms with Crippen molar-refractivity contribution in [3.05, 3.63) is 65.6 Å². The first-order valence-electron chi connectivity index (χ1n) is 9.06. The molecule has 0 unspecified atom stereocenters. The number of H-pyrrole nitrogens is 1. The Bertz CT molecular complexity index is 1050. The second kappa shape index (κ2) is 6.79. The van der Waals surface area contributed by atoms with Crippen LogP contribution in [0.25, 0.3) is 21.9 Å². The van der Waals surface area contributed by atoms with Crippen LogP contribution < -0.4 is 4.74 Å². The maximum atomic E-state index is 5.97. The molecule has 132 valence electrons. The number of aromatic nitrogens is 3. The molecule has 4 aromatic rings. The van der Waals surface area contributed by atoms with Gasteiger partial charge in [-0.3, -0.25) is 4.98 Å². The first kappa shape index (κ1) is 16.6. The van der Waals surface area contributed by atoms with E-state index in [1.807, 2.05) is 37.3 Å². The summed E-state index contributed by atoms with van der Waals surface area (Å²) in [6.07, 6.45) is 0.909. The molecule has 0 fully saturated rings. The smallest absolute Gasteiger partial charge is 0.122 e. The highest BCUT2D eigenvalue weighted by molar-refractivity contribution is 6.03. The fourth-order valence-electron chi connectivity index (χ4n) is 3.27. The number of hydrogen-bond acceptors (Lipinski definition) is 3. The predicted molar refractivity (Wildman–Crippen MR) is 105 cm³/mol. The summed E-state index contributed by atoms with van der Waals surface area (Å²) in [6.45, 7) is 6.95. The Morgan fingerprint density at radius 3 is 2.62 bits per heavy atom. The van der Waals surface area contributed by atoms with Gasteiger partial charge >= 0.3 is 0 Å². The van der Waals surface area contributed by atoms with Gasteiger partial charge in [-0.25, -0.2) is 4.98 Å². The summed E-state index contributed by atoms with van der Waals surface area (Å²) < 4.78 is 5.97. The summed E-state index contributed by atoms with van der Waals surface area (Å²) in [5.74, 6) is 2.28. The molecule has 0 aliphatic heterocycles. The normalized spacial score (nSPS) is 11.5. The summed E-state index contributed by atoms with van der Waals surface area (Å²) in [4.78, 5) is 13.0. The quantitative estimate of drug-likeness (QED) is 0.541. The first-order valence-corrected chi connectivity index (χ1v) is 9.06. The van der Waals surface area contributed by atoms with E-state index in [-0.39, 0.29) is 0 Å². The Morgan fingerprint density at radius 1 is 1.04 bits per heavy atom. The van der Waals surface area contributed by atoms with Gasteiger partial charge in [0.2, 0.25) is 0 Å². The number of pyridine rings is 1. The van der Waals surface area contributed by atoms with Gasteiger partial charge in [0.1, 0.15) is 23.7 Å². The van der Waals surface area contributed by atoms with E-state index in [2.05, 4.69) is 42.0 Å². The Hall–Kier alpha value is -2.88. The van der Waals surface area contributed by atoms with Gasteiger partial charge in [-0.1, -0.05) is 44.2 Å². The van der Waals surface area contributed by atoms with Crippen LogP contribution in [0.1, 0.15) is 30.9 Å². The van der Waals surface area contributed by atoms with Crippen molar-refractivity contribution in [1.29, 1.82) is 0 Å². The summed E-state index contributed by atoms with van der Waals surface area (Å²) in [7, 11) is 0. The molecule has 2 aromatic carbocycles. The Kier molecular flexibility index (Phi) is 4.33. The fourth-order valence-corrected chi connectivity index (χ4v) is 3.27. The van der Waals surface area contributed by atoms with Crippen LogP contribution in [0.3, 0.4) is 0 Å². The van der Waals surface area contributed by atoms with Crippen molar-refractivity contribution in [3.8, 4) is 5.75 Å². The molecule has 0 saturated carbocycles. The van der Waals surface area contributed by atoms with E-state index in [9.17, 15) is 0 Å². The lowest BCUT2D eigenvalue weighted by atomic mass is 10.0. The number of rotatable bonds is 5. The van der Waals surface area contributed by atoms with Crippen molar-refractivity contribution >= 4 is 21.9 Å². The maximum absolute atomic E-state index is 5.97. The second-order valence-electron chi connectivity index (χ2n) is 7.16. The minimum atomic E-state index is 0.526. The third kappa shape index (κ3) is 3.27. The monoisotopic (exact) mass is 345 g/mol. The van der Waals surface area contributed by atoms with Crippen LogP contribution in [0, 0.1) is 12.8 Å².